The van der Waals surface area contributed by atoms with Crippen LogP contribution in [0, 0.1) is 0 Å². The normalized spacial score (nSPS) is 10.7. The molecule has 0 unspecified atom stereocenters. The van der Waals surface area contributed by atoms with E-state index in [1.807, 2.05) is 19.4 Å². The highest BCUT2D eigenvalue weighted by molar-refractivity contribution is 4.91. The topological polar surface area (TPSA) is 39.1 Å². The minimum atomic E-state index is 0.829. The van der Waals surface area contributed by atoms with Gasteiger partial charge in [0.05, 0.1) is 0 Å². The molecule has 0 spiro atoms. The van der Waals surface area contributed by atoms with E-state index in [0.29, 0.717) is 0 Å². The number of methoxy groups -OCH3 is 1. The minimum Gasteiger partial charge on any atom is -0.385 e. The van der Waals surface area contributed by atoms with E-state index >= 15 is 0 Å². The lowest BCUT2D eigenvalue weighted by atomic mass is 10.4. The zero-order valence-corrected chi connectivity index (χ0v) is 8.99. The molecule has 0 fully saturated rings. The van der Waals surface area contributed by atoms with Crippen molar-refractivity contribution in [2.24, 2.45) is 7.05 Å². The summed E-state index contributed by atoms with van der Waals surface area (Å²) in [6.45, 7) is 2.82. The first-order chi connectivity index (χ1) is 6.84. The van der Waals surface area contributed by atoms with Gasteiger partial charge in [0.2, 0.25) is 0 Å². The standard InChI is InChI=1S/C10H19N3O/c1-13-8-7-12-10(13)4-6-11-5-3-9-14-2/h7-8,11H,3-6,9H2,1-2H3. The number of aryl methyl sites for hydroxylation is 1. The van der Waals surface area contributed by atoms with Gasteiger partial charge in [-0.1, -0.05) is 0 Å². The summed E-state index contributed by atoms with van der Waals surface area (Å²) in [6.07, 6.45) is 5.86. The van der Waals surface area contributed by atoms with Crippen molar-refractivity contribution in [3.05, 3.63) is 18.2 Å². The van der Waals surface area contributed by atoms with E-state index < -0.39 is 0 Å². The third-order valence-corrected chi connectivity index (χ3v) is 2.15. The summed E-state index contributed by atoms with van der Waals surface area (Å²) >= 11 is 0. The van der Waals surface area contributed by atoms with Crippen LogP contribution >= 0.6 is 0 Å². The maximum Gasteiger partial charge on any atom is 0.109 e. The van der Waals surface area contributed by atoms with E-state index in [-0.39, 0.29) is 0 Å². The summed E-state index contributed by atoms with van der Waals surface area (Å²) in [5, 5.41) is 3.35. The summed E-state index contributed by atoms with van der Waals surface area (Å²) in [5.74, 6) is 1.13. The van der Waals surface area contributed by atoms with Crippen molar-refractivity contribution in [1.29, 1.82) is 0 Å². The van der Waals surface area contributed by atoms with Crippen molar-refractivity contribution in [2.75, 3.05) is 26.8 Å². The summed E-state index contributed by atoms with van der Waals surface area (Å²) in [6, 6.07) is 0. The van der Waals surface area contributed by atoms with Gasteiger partial charge in [-0.2, -0.15) is 0 Å². The van der Waals surface area contributed by atoms with Crippen molar-refractivity contribution in [2.45, 2.75) is 12.8 Å². The van der Waals surface area contributed by atoms with Crippen LogP contribution in [0.4, 0.5) is 0 Å². The lowest BCUT2D eigenvalue weighted by Crippen LogP contribution is -2.20. The molecular formula is C10H19N3O. The maximum atomic E-state index is 4.96. The lowest BCUT2D eigenvalue weighted by Gasteiger charge is -2.04. The van der Waals surface area contributed by atoms with Crippen LogP contribution in [0.1, 0.15) is 12.2 Å². The molecule has 14 heavy (non-hydrogen) atoms. The third-order valence-electron chi connectivity index (χ3n) is 2.15. The van der Waals surface area contributed by atoms with Crippen molar-refractivity contribution < 1.29 is 4.74 Å². The molecule has 1 heterocycles. The Kier molecular flexibility index (Phi) is 5.25. The average Bonchev–Trinajstić information content (AvgIpc) is 2.58. The molecule has 1 aromatic rings. The van der Waals surface area contributed by atoms with E-state index in [2.05, 4.69) is 14.9 Å². The SMILES string of the molecule is COCCCNCCc1nccn1C. The first-order valence-electron chi connectivity index (χ1n) is 5.00. The van der Waals surface area contributed by atoms with Gasteiger partial charge in [-0.25, -0.2) is 4.98 Å². The Hall–Kier alpha value is -0.870. The average molecular weight is 197 g/mol. The molecule has 0 aliphatic carbocycles. The first-order valence-corrected chi connectivity index (χ1v) is 5.00. The first kappa shape index (κ1) is 11.2. The molecule has 0 saturated carbocycles. The minimum absolute atomic E-state index is 0.829. The smallest absolute Gasteiger partial charge is 0.109 e. The van der Waals surface area contributed by atoms with Gasteiger partial charge in [0.15, 0.2) is 0 Å². The zero-order valence-electron chi connectivity index (χ0n) is 8.99. The summed E-state index contributed by atoms with van der Waals surface area (Å²) in [4.78, 5) is 4.25. The Bertz CT molecular complexity index is 247. The molecular weight excluding hydrogens is 178 g/mol. The Morgan fingerprint density at radius 2 is 2.36 bits per heavy atom. The number of nitrogens with zero attached hydrogens (tertiary/aromatic N) is 2. The lowest BCUT2D eigenvalue weighted by molar-refractivity contribution is 0.194. The number of rotatable bonds is 7. The van der Waals surface area contributed by atoms with Gasteiger partial charge in [-0.05, 0) is 13.0 Å². The van der Waals surface area contributed by atoms with E-state index in [0.717, 1.165) is 38.4 Å². The van der Waals surface area contributed by atoms with Crippen LogP contribution in [0.25, 0.3) is 0 Å². The van der Waals surface area contributed by atoms with Crippen LogP contribution in [0.3, 0.4) is 0 Å². The molecule has 0 atom stereocenters. The fourth-order valence-electron chi connectivity index (χ4n) is 1.30. The number of nitrogens with one attached hydrogen (secondary N) is 1. The van der Waals surface area contributed by atoms with Crippen LogP contribution in [0.15, 0.2) is 12.4 Å². The molecule has 1 rings (SSSR count). The molecule has 0 aliphatic rings. The van der Waals surface area contributed by atoms with Gasteiger partial charge in [-0.3, -0.25) is 0 Å². The van der Waals surface area contributed by atoms with E-state index in [4.69, 9.17) is 4.74 Å². The second-order valence-electron chi connectivity index (χ2n) is 3.30. The highest BCUT2D eigenvalue weighted by atomic mass is 16.5. The number of imidazole rings is 1. The fourth-order valence-corrected chi connectivity index (χ4v) is 1.30. The predicted octanol–water partition coefficient (Wildman–Crippen LogP) is 0.589. The molecule has 4 heteroatoms. The Morgan fingerprint density at radius 3 is 3.00 bits per heavy atom. The monoisotopic (exact) mass is 197 g/mol. The van der Waals surface area contributed by atoms with Crippen molar-refractivity contribution in [3.63, 3.8) is 0 Å². The Balaban J connectivity index is 2.02. The molecule has 80 valence electrons. The largest absolute Gasteiger partial charge is 0.385 e. The predicted molar refractivity (Wildman–Crippen MR) is 56.3 cm³/mol. The van der Waals surface area contributed by atoms with E-state index in [1.54, 1.807) is 7.11 Å². The van der Waals surface area contributed by atoms with Gasteiger partial charge in [0.25, 0.3) is 0 Å². The second kappa shape index (κ2) is 6.56. The summed E-state index contributed by atoms with van der Waals surface area (Å²) in [5.41, 5.74) is 0. The molecule has 1 N–H and O–H groups in total. The highest BCUT2D eigenvalue weighted by Gasteiger charge is 1.97. The van der Waals surface area contributed by atoms with Crippen LogP contribution < -0.4 is 5.32 Å². The number of hydrogen-bond acceptors (Lipinski definition) is 3. The van der Waals surface area contributed by atoms with Crippen LogP contribution in [-0.4, -0.2) is 36.4 Å². The van der Waals surface area contributed by atoms with Crippen molar-refractivity contribution in [1.82, 2.24) is 14.9 Å². The summed E-state index contributed by atoms with van der Waals surface area (Å²) in [7, 11) is 3.75. The molecule has 1 aromatic heterocycles. The van der Waals surface area contributed by atoms with Gasteiger partial charge in [-0.15, -0.1) is 0 Å². The van der Waals surface area contributed by atoms with Crippen molar-refractivity contribution >= 4 is 0 Å². The van der Waals surface area contributed by atoms with E-state index in [1.165, 1.54) is 0 Å². The van der Waals surface area contributed by atoms with Gasteiger partial charge < -0.3 is 14.6 Å². The molecule has 0 bridgehead atoms. The van der Waals surface area contributed by atoms with Gasteiger partial charge in [0, 0.05) is 46.1 Å². The third kappa shape index (κ3) is 3.89. The number of aromatic nitrogens is 2. The number of ether oxygens (including phenoxy) is 1. The molecule has 0 aliphatic heterocycles. The van der Waals surface area contributed by atoms with Crippen LogP contribution in [-0.2, 0) is 18.2 Å². The molecule has 0 radical (unpaired) electrons. The quantitative estimate of drug-likeness (QED) is 0.650. The Morgan fingerprint density at radius 1 is 1.50 bits per heavy atom. The highest BCUT2D eigenvalue weighted by Crippen LogP contribution is 1.93. The summed E-state index contributed by atoms with van der Waals surface area (Å²) < 4.78 is 7.01. The van der Waals surface area contributed by atoms with E-state index in [9.17, 15) is 0 Å². The maximum absolute atomic E-state index is 4.96. The van der Waals surface area contributed by atoms with Gasteiger partial charge >= 0.3 is 0 Å². The second-order valence-corrected chi connectivity index (χ2v) is 3.30. The fraction of sp³-hybridized carbons (Fsp3) is 0.700. The molecule has 4 nitrogen and oxygen atoms in total. The van der Waals surface area contributed by atoms with Crippen LogP contribution in [0.2, 0.25) is 0 Å². The van der Waals surface area contributed by atoms with Crippen LogP contribution in [0.5, 0.6) is 0 Å². The zero-order chi connectivity index (χ0) is 10.2. The molecule has 0 aromatic carbocycles. The molecule has 0 saturated heterocycles. The molecule has 0 amide bonds. The van der Waals surface area contributed by atoms with Gasteiger partial charge in [0.1, 0.15) is 5.82 Å². The number of hydrogen-bond donors (Lipinski definition) is 1. The van der Waals surface area contributed by atoms with Crippen molar-refractivity contribution in [3.8, 4) is 0 Å². The Labute approximate surface area is 85.3 Å².